The molecule has 0 saturated heterocycles. The van der Waals surface area contributed by atoms with E-state index in [2.05, 4.69) is 402 Å². The molecule has 0 aliphatic carbocycles. The van der Waals surface area contributed by atoms with E-state index in [9.17, 15) is 10.0 Å². The molecule has 0 saturated carbocycles. The molecule has 0 aliphatic rings. The number of anilines is 6. The van der Waals surface area contributed by atoms with E-state index in [0.717, 1.165) is 56.5 Å². The highest BCUT2D eigenvalue weighted by Gasteiger charge is 2.22. The zero-order valence-electron chi connectivity index (χ0n) is 58.6. The van der Waals surface area contributed by atoms with Crippen LogP contribution in [0.2, 0.25) is 0 Å². The minimum Gasteiger partial charge on any atom is -0.423 e. The van der Waals surface area contributed by atoms with E-state index in [1.54, 1.807) is 12.1 Å². The fourth-order valence-corrected chi connectivity index (χ4v) is 15.9. The third kappa shape index (κ3) is 12.4. The number of nitrogens with one attached hydrogen (secondary N) is 1. The molecule has 0 spiro atoms. The summed E-state index contributed by atoms with van der Waals surface area (Å²) in [6.45, 7) is 0. The van der Waals surface area contributed by atoms with Crippen LogP contribution >= 0.6 is 0 Å². The molecule has 20 rings (SSSR count). The number of rotatable bonds is 12. The summed E-state index contributed by atoms with van der Waals surface area (Å²) in [5, 5.41) is 33.7. The summed E-state index contributed by atoms with van der Waals surface area (Å²) in [4.78, 5) is 8.13. The third-order valence-electron chi connectivity index (χ3n) is 20.6. The molecule has 506 valence electrons. The number of para-hydroxylation sites is 6. The number of nitrogens with zero attached hydrogens (tertiary/aromatic N) is 3. The summed E-state index contributed by atoms with van der Waals surface area (Å²) in [5.74, 6) is 0. The van der Waals surface area contributed by atoms with Crippen molar-refractivity contribution in [3.05, 3.63) is 413 Å². The highest BCUT2D eigenvalue weighted by atomic mass is 16.4. The van der Waals surface area contributed by atoms with E-state index in [1.807, 2.05) is 18.2 Å². The quantitative estimate of drug-likeness (QED) is 0.0842. The molecule has 0 radical (unpaired) electrons. The second-order valence-electron chi connectivity index (χ2n) is 26.9. The summed E-state index contributed by atoms with van der Waals surface area (Å²) >= 11 is 0. The van der Waals surface area contributed by atoms with Gasteiger partial charge >= 0.3 is 7.12 Å². The molecule has 0 aliphatic heterocycles. The van der Waals surface area contributed by atoms with Gasteiger partial charge in [0.1, 0.15) is 0 Å². The number of aromatic nitrogens is 2. The normalized spacial score (nSPS) is 11.3. The average molecular weight is 1370 g/mol. The van der Waals surface area contributed by atoms with Crippen LogP contribution in [0.5, 0.6) is 0 Å². The Bertz CT molecular complexity index is 6380. The van der Waals surface area contributed by atoms with Crippen molar-refractivity contribution in [2.75, 3.05) is 9.80 Å². The predicted molar refractivity (Wildman–Crippen MR) is 454 cm³/mol. The van der Waals surface area contributed by atoms with Crippen LogP contribution in [-0.2, 0) is 0 Å². The number of fused-ring (bicyclic) bond motifs is 10. The van der Waals surface area contributed by atoms with Crippen LogP contribution in [0.3, 0.4) is 0 Å². The molecule has 0 bridgehead atoms. The van der Waals surface area contributed by atoms with Gasteiger partial charge in [0.05, 0.1) is 11.0 Å². The van der Waals surface area contributed by atoms with E-state index in [0.29, 0.717) is 5.46 Å². The number of hydrogen-bond acceptors (Lipinski definition) is 4. The first kappa shape index (κ1) is 65.2. The maximum Gasteiger partial charge on any atom is 0.488 e. The van der Waals surface area contributed by atoms with Crippen molar-refractivity contribution in [2.24, 2.45) is 0 Å². The van der Waals surface area contributed by atoms with Crippen LogP contribution in [0.4, 0.5) is 34.1 Å². The topological polar surface area (TPSA) is 67.7 Å². The molecule has 6 nitrogen and oxygen atoms in total. The molecule has 3 N–H and O–H groups in total. The standard InChI is InChI=1S/C50H34N2.C26H19BO2.C24H18N2/c1-4-16-35(17-5-1)49-42-23-10-12-25-44(42)50(45-26-13-11-24-43(45)49)36-28-30-39(31-29-36)52-47-27-15-14-22-41(47)46-34-40(32-33-48(46)52)51(37-18-6-2-7-19-37)38-20-8-3-9-21-38;28-27(29)20-16-14-19(15-17-20)26-23-12-6-4-10-21(23)25(18-8-2-1-3-9-18)22-11-5-7-13-24(22)26;1-3-9-18(10-4-1)26(19-11-5-2-6-12-19)20-15-16-24-22(17-20)21-13-7-8-14-23(21)25-24/h1-34H;1-17,28-29H;1-17,25H. The molecule has 0 fully saturated rings. The van der Waals surface area contributed by atoms with Crippen molar-refractivity contribution < 1.29 is 10.0 Å². The first-order chi connectivity index (χ1) is 53.0. The average Bonchev–Trinajstić information content (AvgIpc) is 0.936. The molecule has 18 aromatic carbocycles. The fraction of sp³-hybridized carbons (Fsp3) is 0. The lowest BCUT2D eigenvalue weighted by Crippen LogP contribution is -2.29. The van der Waals surface area contributed by atoms with Gasteiger partial charge in [-0.1, -0.05) is 303 Å². The third-order valence-corrected chi connectivity index (χ3v) is 20.6. The van der Waals surface area contributed by atoms with E-state index < -0.39 is 7.12 Å². The maximum atomic E-state index is 9.45. The Morgan fingerprint density at radius 2 is 0.505 bits per heavy atom. The molecule has 0 atom stereocenters. The minimum absolute atomic E-state index is 0.489. The molecular weight excluding hydrogens is 1300 g/mol. The van der Waals surface area contributed by atoms with Gasteiger partial charge in [-0.05, 0) is 202 Å². The number of hydrogen-bond donors (Lipinski definition) is 3. The molecular formula is C100H71BN4O2. The van der Waals surface area contributed by atoms with Gasteiger partial charge < -0.3 is 29.4 Å². The number of H-pyrrole nitrogens is 1. The van der Waals surface area contributed by atoms with Gasteiger partial charge in [-0.2, -0.15) is 0 Å². The summed E-state index contributed by atoms with van der Waals surface area (Å²) in [6, 6.07) is 146. The van der Waals surface area contributed by atoms with Crippen LogP contribution in [-0.4, -0.2) is 26.7 Å². The Kier molecular flexibility index (Phi) is 17.5. The Morgan fingerprint density at radius 3 is 0.897 bits per heavy atom. The van der Waals surface area contributed by atoms with Gasteiger partial charge in [-0.3, -0.25) is 0 Å². The molecule has 20 aromatic rings. The predicted octanol–water partition coefficient (Wildman–Crippen LogP) is 25.7. The summed E-state index contributed by atoms with van der Waals surface area (Å²) in [5.41, 5.74) is 22.8. The van der Waals surface area contributed by atoms with E-state index in [-0.39, 0.29) is 0 Å². The van der Waals surface area contributed by atoms with Gasteiger partial charge in [-0.15, -0.1) is 0 Å². The largest absolute Gasteiger partial charge is 0.488 e. The van der Waals surface area contributed by atoms with Gasteiger partial charge in [0, 0.05) is 72.4 Å². The van der Waals surface area contributed by atoms with Gasteiger partial charge in [0.25, 0.3) is 0 Å². The lowest BCUT2D eigenvalue weighted by Gasteiger charge is -2.25. The Balaban J connectivity index is 0.000000124. The Labute approximate surface area is 621 Å². The van der Waals surface area contributed by atoms with Crippen molar-refractivity contribution in [3.8, 4) is 50.2 Å². The van der Waals surface area contributed by atoms with Crippen LogP contribution in [0, 0.1) is 0 Å². The lowest BCUT2D eigenvalue weighted by molar-refractivity contribution is 0.426. The van der Waals surface area contributed by atoms with E-state index >= 15 is 0 Å². The van der Waals surface area contributed by atoms with Crippen molar-refractivity contribution in [1.29, 1.82) is 0 Å². The van der Waals surface area contributed by atoms with Crippen molar-refractivity contribution >= 4 is 133 Å². The summed E-state index contributed by atoms with van der Waals surface area (Å²) in [7, 11) is -1.46. The van der Waals surface area contributed by atoms with Crippen molar-refractivity contribution in [1.82, 2.24) is 9.55 Å². The molecule has 0 amide bonds. The van der Waals surface area contributed by atoms with Crippen molar-refractivity contribution in [2.45, 2.75) is 0 Å². The van der Waals surface area contributed by atoms with Gasteiger partial charge in [-0.25, -0.2) is 0 Å². The minimum atomic E-state index is -1.46. The smallest absolute Gasteiger partial charge is 0.423 e. The van der Waals surface area contributed by atoms with E-state index in [4.69, 9.17) is 0 Å². The summed E-state index contributed by atoms with van der Waals surface area (Å²) < 4.78 is 2.41. The van der Waals surface area contributed by atoms with Crippen LogP contribution in [0.15, 0.2) is 413 Å². The highest BCUT2D eigenvalue weighted by molar-refractivity contribution is 6.58. The Morgan fingerprint density at radius 1 is 0.215 bits per heavy atom. The molecule has 0 unspecified atom stereocenters. The summed E-state index contributed by atoms with van der Waals surface area (Å²) in [6.07, 6.45) is 0. The first-order valence-corrected chi connectivity index (χ1v) is 36.4. The molecule has 2 aromatic heterocycles. The number of aromatic amines is 1. The monoisotopic (exact) mass is 1370 g/mol. The fourth-order valence-electron chi connectivity index (χ4n) is 15.9. The van der Waals surface area contributed by atoms with Crippen LogP contribution in [0.1, 0.15) is 0 Å². The molecule has 107 heavy (non-hydrogen) atoms. The highest BCUT2D eigenvalue weighted by Crippen LogP contribution is 2.47. The zero-order valence-corrected chi connectivity index (χ0v) is 58.6. The van der Waals surface area contributed by atoms with E-state index in [1.165, 1.54) is 115 Å². The first-order valence-electron chi connectivity index (χ1n) is 36.4. The lowest BCUT2D eigenvalue weighted by atomic mass is 9.79. The van der Waals surface area contributed by atoms with Crippen molar-refractivity contribution in [3.63, 3.8) is 0 Å². The molecule has 2 heterocycles. The second-order valence-corrected chi connectivity index (χ2v) is 26.9. The van der Waals surface area contributed by atoms with Crippen LogP contribution in [0.25, 0.3) is 137 Å². The zero-order chi connectivity index (χ0) is 71.6. The van der Waals surface area contributed by atoms with Gasteiger partial charge in [0.2, 0.25) is 0 Å². The second kappa shape index (κ2) is 28.8. The molecule has 7 heteroatoms. The van der Waals surface area contributed by atoms with Crippen LogP contribution < -0.4 is 15.3 Å². The number of benzene rings is 18. The maximum absolute atomic E-state index is 9.45. The van der Waals surface area contributed by atoms with Gasteiger partial charge in [0.15, 0.2) is 0 Å². The SMILES string of the molecule is OB(O)c1ccc(-c2c3ccccc3c(-c3ccccc3)c3ccccc23)cc1.c1ccc(-c2c3ccccc3c(-c3ccc(-n4c5ccccc5c5cc(N(c6ccccc6)c6ccccc6)ccc54)cc3)c3ccccc23)cc1.c1ccc(N(c2ccccc2)c2ccc3[nH]c4ccccc4c3c2)cc1. The Hall–Kier alpha value is -13.8.